The first-order valence-corrected chi connectivity index (χ1v) is 11.5. The Morgan fingerprint density at radius 3 is 2.66 bits per heavy atom. The number of anilines is 1. The van der Waals surface area contributed by atoms with Crippen molar-refractivity contribution in [1.82, 2.24) is 15.2 Å². The number of thiophene rings is 1. The molecule has 0 spiro atoms. The predicted octanol–water partition coefficient (Wildman–Crippen LogP) is 3.86. The predicted molar refractivity (Wildman–Crippen MR) is 122 cm³/mol. The van der Waals surface area contributed by atoms with Crippen molar-refractivity contribution in [3.63, 3.8) is 0 Å². The van der Waals surface area contributed by atoms with E-state index in [1.807, 2.05) is 30.3 Å². The standard InChI is InChI=1S/C21H22N4O5S2/c1-4-29-20(28)17-12(2)18(13(3)26)32-19(17)23-16(27)11-31-21-22-15(24-25-21)10-30-14-8-6-5-7-9-14/h5-9H,4,10-11H2,1-3H3,(H,23,27)(H,22,24,25). The Morgan fingerprint density at radius 1 is 1.22 bits per heavy atom. The number of carbonyl (C=O) groups is 3. The number of nitrogens with zero attached hydrogens (tertiary/aromatic N) is 2. The van der Waals surface area contributed by atoms with Gasteiger partial charge in [-0.15, -0.1) is 16.4 Å². The molecule has 9 nitrogen and oxygen atoms in total. The SMILES string of the molecule is CCOC(=O)c1c(NC(=O)CSc2n[nH]c(COc3ccccc3)n2)sc(C(C)=O)c1C. The van der Waals surface area contributed by atoms with Crippen LogP contribution >= 0.6 is 23.1 Å². The summed E-state index contributed by atoms with van der Waals surface area (Å²) in [6, 6.07) is 9.32. The lowest BCUT2D eigenvalue weighted by Gasteiger charge is -2.06. The van der Waals surface area contributed by atoms with E-state index in [1.165, 1.54) is 6.92 Å². The van der Waals surface area contributed by atoms with Crippen LogP contribution in [0.4, 0.5) is 5.00 Å². The summed E-state index contributed by atoms with van der Waals surface area (Å²) in [6.45, 7) is 5.17. The summed E-state index contributed by atoms with van der Waals surface area (Å²) >= 11 is 2.19. The maximum Gasteiger partial charge on any atom is 0.341 e. The lowest BCUT2D eigenvalue weighted by Crippen LogP contribution is -2.16. The number of ether oxygens (including phenoxy) is 2. The Labute approximate surface area is 192 Å². The average Bonchev–Trinajstić information content (AvgIpc) is 3.36. The molecule has 0 saturated carbocycles. The smallest absolute Gasteiger partial charge is 0.341 e. The summed E-state index contributed by atoms with van der Waals surface area (Å²) in [5.74, 6) is 0.148. The maximum absolute atomic E-state index is 12.5. The zero-order chi connectivity index (χ0) is 23.1. The minimum Gasteiger partial charge on any atom is -0.486 e. The van der Waals surface area contributed by atoms with Crippen LogP contribution < -0.4 is 10.1 Å². The van der Waals surface area contributed by atoms with Gasteiger partial charge in [0.15, 0.2) is 11.6 Å². The normalized spacial score (nSPS) is 10.6. The van der Waals surface area contributed by atoms with Gasteiger partial charge in [-0.25, -0.2) is 9.78 Å². The molecule has 0 radical (unpaired) electrons. The number of para-hydroxylation sites is 1. The van der Waals surface area contributed by atoms with E-state index in [-0.39, 0.29) is 36.2 Å². The summed E-state index contributed by atoms with van der Waals surface area (Å²) < 4.78 is 10.7. The fourth-order valence-electron chi connectivity index (χ4n) is 2.75. The molecule has 0 aliphatic heterocycles. The minimum absolute atomic E-state index is 0.0193. The third-order valence-corrected chi connectivity index (χ3v) is 6.32. The van der Waals surface area contributed by atoms with Crippen LogP contribution in [0.1, 0.15) is 45.3 Å². The molecule has 2 aromatic heterocycles. The van der Waals surface area contributed by atoms with Gasteiger partial charge in [0.2, 0.25) is 11.1 Å². The number of aromatic nitrogens is 3. The van der Waals surface area contributed by atoms with E-state index in [9.17, 15) is 14.4 Å². The van der Waals surface area contributed by atoms with Crippen molar-refractivity contribution in [3.8, 4) is 5.75 Å². The fraction of sp³-hybridized carbons (Fsp3) is 0.286. The highest BCUT2D eigenvalue weighted by Crippen LogP contribution is 2.34. The second kappa shape index (κ2) is 10.9. The molecule has 168 valence electrons. The number of hydrogen-bond acceptors (Lipinski definition) is 9. The van der Waals surface area contributed by atoms with Gasteiger partial charge < -0.3 is 14.8 Å². The molecule has 11 heteroatoms. The molecule has 0 unspecified atom stereocenters. The van der Waals surface area contributed by atoms with Gasteiger partial charge >= 0.3 is 5.97 Å². The van der Waals surface area contributed by atoms with Gasteiger partial charge in [-0.3, -0.25) is 14.7 Å². The summed E-state index contributed by atoms with van der Waals surface area (Å²) in [6.07, 6.45) is 0. The van der Waals surface area contributed by atoms with E-state index in [2.05, 4.69) is 20.5 Å². The molecule has 3 rings (SSSR count). The van der Waals surface area contributed by atoms with Crippen LogP contribution in [0.5, 0.6) is 5.75 Å². The highest BCUT2D eigenvalue weighted by Gasteiger charge is 2.25. The molecule has 0 saturated heterocycles. The number of carbonyl (C=O) groups excluding carboxylic acids is 3. The van der Waals surface area contributed by atoms with Gasteiger partial charge in [0, 0.05) is 0 Å². The second-order valence-electron chi connectivity index (χ2n) is 6.54. The number of rotatable bonds is 10. The number of ketones is 1. The van der Waals surface area contributed by atoms with E-state index in [4.69, 9.17) is 9.47 Å². The number of esters is 1. The maximum atomic E-state index is 12.5. The van der Waals surface area contributed by atoms with Crippen molar-refractivity contribution in [1.29, 1.82) is 0 Å². The molecule has 2 heterocycles. The van der Waals surface area contributed by atoms with Gasteiger partial charge in [0.1, 0.15) is 17.4 Å². The van der Waals surface area contributed by atoms with Gasteiger partial charge in [-0.05, 0) is 38.5 Å². The van der Waals surface area contributed by atoms with Crippen molar-refractivity contribution in [3.05, 3.63) is 52.2 Å². The molecule has 0 aliphatic rings. The highest BCUT2D eigenvalue weighted by molar-refractivity contribution is 7.99. The lowest BCUT2D eigenvalue weighted by molar-refractivity contribution is -0.113. The molecule has 1 aromatic carbocycles. The Balaban J connectivity index is 1.59. The van der Waals surface area contributed by atoms with Gasteiger partial charge in [-0.1, -0.05) is 30.0 Å². The van der Waals surface area contributed by atoms with Gasteiger partial charge in [0.05, 0.1) is 22.8 Å². The molecule has 1 amide bonds. The number of hydrogen-bond donors (Lipinski definition) is 2. The van der Waals surface area contributed by atoms with Crippen LogP contribution in [0.2, 0.25) is 0 Å². The Kier molecular flexibility index (Phi) is 8.01. The van der Waals surface area contributed by atoms with Crippen molar-refractivity contribution in [2.75, 3.05) is 17.7 Å². The Hall–Kier alpha value is -3.18. The first-order valence-electron chi connectivity index (χ1n) is 9.72. The number of benzene rings is 1. The molecular weight excluding hydrogens is 452 g/mol. The van der Waals surface area contributed by atoms with Crippen LogP contribution in [0.25, 0.3) is 0 Å². The fourth-order valence-corrected chi connectivity index (χ4v) is 4.48. The average molecular weight is 475 g/mol. The Bertz CT molecular complexity index is 1110. The van der Waals surface area contributed by atoms with Crippen molar-refractivity contribution in [2.24, 2.45) is 0 Å². The number of nitrogens with one attached hydrogen (secondary N) is 2. The van der Waals surface area contributed by atoms with Crippen LogP contribution in [0.15, 0.2) is 35.5 Å². The van der Waals surface area contributed by atoms with Crippen molar-refractivity contribution < 1.29 is 23.9 Å². The van der Waals surface area contributed by atoms with Crippen molar-refractivity contribution in [2.45, 2.75) is 32.5 Å². The number of aromatic amines is 1. The zero-order valence-corrected chi connectivity index (χ0v) is 19.4. The lowest BCUT2D eigenvalue weighted by atomic mass is 10.1. The molecule has 0 atom stereocenters. The van der Waals surface area contributed by atoms with Gasteiger partial charge in [-0.2, -0.15) is 0 Å². The van der Waals surface area contributed by atoms with E-state index in [0.29, 0.717) is 32.2 Å². The highest BCUT2D eigenvalue weighted by atomic mass is 32.2. The van der Waals surface area contributed by atoms with Gasteiger partial charge in [0.25, 0.3) is 0 Å². The third-order valence-electron chi connectivity index (χ3n) is 4.16. The molecule has 32 heavy (non-hydrogen) atoms. The molecule has 3 aromatic rings. The third kappa shape index (κ3) is 5.95. The van der Waals surface area contributed by atoms with E-state index >= 15 is 0 Å². The van der Waals surface area contributed by atoms with E-state index < -0.39 is 5.97 Å². The van der Waals surface area contributed by atoms with Crippen LogP contribution in [0.3, 0.4) is 0 Å². The summed E-state index contributed by atoms with van der Waals surface area (Å²) in [5, 5.41) is 10.2. The quantitative estimate of drug-likeness (QED) is 0.258. The summed E-state index contributed by atoms with van der Waals surface area (Å²) in [7, 11) is 0. The minimum atomic E-state index is -0.575. The van der Waals surface area contributed by atoms with E-state index in [1.54, 1.807) is 13.8 Å². The topological polar surface area (TPSA) is 123 Å². The molecule has 0 aliphatic carbocycles. The van der Waals surface area contributed by atoms with E-state index in [0.717, 1.165) is 23.1 Å². The summed E-state index contributed by atoms with van der Waals surface area (Å²) in [4.78, 5) is 41.4. The monoisotopic (exact) mass is 474 g/mol. The molecular formula is C21H22N4O5S2. The zero-order valence-electron chi connectivity index (χ0n) is 17.8. The molecule has 0 bridgehead atoms. The second-order valence-corrected chi connectivity index (χ2v) is 8.50. The first-order chi connectivity index (χ1) is 15.4. The number of thioether (sulfide) groups is 1. The summed E-state index contributed by atoms with van der Waals surface area (Å²) in [5.41, 5.74) is 0.708. The van der Waals surface area contributed by atoms with Crippen LogP contribution in [-0.2, 0) is 16.1 Å². The first kappa shape index (κ1) is 23.5. The van der Waals surface area contributed by atoms with Crippen molar-refractivity contribution >= 4 is 45.8 Å². The van der Waals surface area contributed by atoms with Crippen LogP contribution in [-0.4, -0.2) is 45.2 Å². The number of H-pyrrole nitrogens is 1. The Morgan fingerprint density at radius 2 is 1.97 bits per heavy atom. The van der Waals surface area contributed by atoms with Crippen LogP contribution in [0, 0.1) is 6.92 Å². The molecule has 0 fully saturated rings. The number of Topliss-reactive ketones (excluding diaryl/α,β-unsaturated/α-hetero) is 1. The number of amides is 1. The largest absolute Gasteiger partial charge is 0.486 e. The molecule has 2 N–H and O–H groups in total.